The number of hydrogen-bond donors (Lipinski definition) is 1. The molecule has 1 unspecified atom stereocenters. The van der Waals surface area contributed by atoms with Gasteiger partial charge in [0.25, 0.3) is 0 Å². The van der Waals surface area contributed by atoms with Gasteiger partial charge >= 0.3 is 0 Å². The Kier molecular flexibility index (Phi) is 3.53. The van der Waals surface area contributed by atoms with E-state index in [9.17, 15) is 0 Å². The van der Waals surface area contributed by atoms with Gasteiger partial charge in [0.05, 0.1) is 23.9 Å². The summed E-state index contributed by atoms with van der Waals surface area (Å²) in [4.78, 5) is 5.66. The molecular formula is C15H18N2OS. The number of thiazole rings is 1. The van der Waals surface area contributed by atoms with Crippen molar-refractivity contribution in [1.29, 1.82) is 0 Å². The topological polar surface area (TPSA) is 34.1 Å². The van der Waals surface area contributed by atoms with Crippen LogP contribution in [0.2, 0.25) is 0 Å². The molecular weight excluding hydrogens is 256 g/mol. The zero-order chi connectivity index (χ0) is 13.2. The average Bonchev–Trinajstić information content (AvgIpc) is 3.04. The SMILES string of the molecule is CCNC(c1cccc2c1OCC2)c1scnc1C. The van der Waals surface area contributed by atoms with E-state index in [2.05, 4.69) is 42.3 Å². The number of rotatable bonds is 4. The number of ether oxygens (including phenoxy) is 1. The van der Waals surface area contributed by atoms with Crippen LogP contribution in [-0.4, -0.2) is 18.1 Å². The Hall–Kier alpha value is -1.39. The number of aromatic nitrogens is 1. The fraction of sp³-hybridized carbons (Fsp3) is 0.400. The minimum absolute atomic E-state index is 0.186. The maximum absolute atomic E-state index is 5.84. The van der Waals surface area contributed by atoms with Gasteiger partial charge < -0.3 is 10.1 Å². The van der Waals surface area contributed by atoms with Crippen LogP contribution in [-0.2, 0) is 6.42 Å². The maximum Gasteiger partial charge on any atom is 0.127 e. The number of benzene rings is 1. The smallest absolute Gasteiger partial charge is 0.127 e. The Balaban J connectivity index is 2.06. The lowest BCUT2D eigenvalue weighted by molar-refractivity contribution is 0.350. The van der Waals surface area contributed by atoms with Gasteiger partial charge in [-0.15, -0.1) is 11.3 Å². The molecule has 1 atom stereocenters. The highest BCUT2D eigenvalue weighted by Crippen LogP contribution is 2.38. The monoisotopic (exact) mass is 274 g/mol. The minimum Gasteiger partial charge on any atom is -0.493 e. The van der Waals surface area contributed by atoms with E-state index >= 15 is 0 Å². The molecule has 19 heavy (non-hydrogen) atoms. The number of nitrogens with zero attached hydrogens (tertiary/aromatic N) is 1. The van der Waals surface area contributed by atoms with Crippen LogP contribution in [0.1, 0.15) is 34.7 Å². The molecule has 0 radical (unpaired) electrons. The number of nitrogens with one attached hydrogen (secondary N) is 1. The van der Waals surface area contributed by atoms with E-state index in [0.29, 0.717) is 0 Å². The molecule has 0 saturated heterocycles. The van der Waals surface area contributed by atoms with Gasteiger partial charge in [0.15, 0.2) is 0 Å². The summed E-state index contributed by atoms with van der Waals surface area (Å²) >= 11 is 1.71. The first-order valence-corrected chi connectivity index (χ1v) is 7.57. The summed E-state index contributed by atoms with van der Waals surface area (Å²) in [5.74, 6) is 1.07. The van der Waals surface area contributed by atoms with Crippen LogP contribution >= 0.6 is 11.3 Å². The van der Waals surface area contributed by atoms with Crippen molar-refractivity contribution in [2.24, 2.45) is 0 Å². The van der Waals surface area contributed by atoms with E-state index in [1.165, 1.54) is 16.0 Å². The van der Waals surface area contributed by atoms with Gasteiger partial charge in [-0.3, -0.25) is 0 Å². The van der Waals surface area contributed by atoms with Crippen molar-refractivity contribution in [1.82, 2.24) is 10.3 Å². The zero-order valence-electron chi connectivity index (χ0n) is 11.3. The third kappa shape index (κ3) is 2.26. The largest absolute Gasteiger partial charge is 0.493 e. The standard InChI is InChI=1S/C15H18N2OS/c1-3-16-13(15-10(2)17-9-19-15)12-6-4-5-11-7-8-18-14(11)12/h4-6,9,13,16H,3,7-8H2,1-2H3. The van der Waals surface area contributed by atoms with Crippen molar-refractivity contribution in [2.75, 3.05) is 13.2 Å². The second kappa shape index (κ2) is 5.31. The van der Waals surface area contributed by atoms with Crippen LogP contribution in [0.5, 0.6) is 5.75 Å². The fourth-order valence-electron chi connectivity index (χ4n) is 2.60. The minimum atomic E-state index is 0.186. The second-order valence-electron chi connectivity index (χ2n) is 4.73. The van der Waals surface area contributed by atoms with Gasteiger partial charge in [-0.25, -0.2) is 4.98 Å². The molecule has 2 aromatic rings. The van der Waals surface area contributed by atoms with Crippen LogP contribution < -0.4 is 10.1 Å². The van der Waals surface area contributed by atoms with Crippen molar-refractivity contribution in [3.63, 3.8) is 0 Å². The zero-order valence-corrected chi connectivity index (χ0v) is 12.1. The summed E-state index contributed by atoms with van der Waals surface area (Å²) < 4.78 is 5.84. The Morgan fingerprint density at radius 1 is 1.47 bits per heavy atom. The normalized spacial score (nSPS) is 15.1. The molecule has 0 bridgehead atoms. The molecule has 4 heteroatoms. The first-order valence-electron chi connectivity index (χ1n) is 6.69. The third-order valence-corrected chi connectivity index (χ3v) is 4.50. The highest BCUT2D eigenvalue weighted by Gasteiger charge is 2.24. The van der Waals surface area contributed by atoms with E-state index in [4.69, 9.17) is 4.74 Å². The lowest BCUT2D eigenvalue weighted by Crippen LogP contribution is -2.22. The van der Waals surface area contributed by atoms with Crippen LogP contribution in [0.25, 0.3) is 0 Å². The van der Waals surface area contributed by atoms with E-state index in [1.807, 2.05) is 5.51 Å². The van der Waals surface area contributed by atoms with E-state index in [0.717, 1.165) is 31.0 Å². The summed E-state index contributed by atoms with van der Waals surface area (Å²) in [6.07, 6.45) is 1.02. The molecule has 100 valence electrons. The highest BCUT2D eigenvalue weighted by atomic mass is 32.1. The second-order valence-corrected chi connectivity index (χ2v) is 5.61. The van der Waals surface area contributed by atoms with Gasteiger partial charge in [-0.2, -0.15) is 0 Å². The van der Waals surface area contributed by atoms with E-state index in [1.54, 1.807) is 11.3 Å². The molecule has 1 aromatic carbocycles. The highest BCUT2D eigenvalue weighted by molar-refractivity contribution is 7.09. The summed E-state index contributed by atoms with van der Waals surface area (Å²) in [6.45, 7) is 5.92. The first-order chi connectivity index (χ1) is 9.31. The summed E-state index contributed by atoms with van der Waals surface area (Å²) in [7, 11) is 0. The molecule has 0 fully saturated rings. The summed E-state index contributed by atoms with van der Waals surface area (Å²) in [6, 6.07) is 6.64. The van der Waals surface area contributed by atoms with Crippen molar-refractivity contribution in [3.8, 4) is 5.75 Å². The lowest BCUT2D eigenvalue weighted by Gasteiger charge is -2.20. The summed E-state index contributed by atoms with van der Waals surface area (Å²) in [5.41, 5.74) is 5.58. The Morgan fingerprint density at radius 2 is 2.37 bits per heavy atom. The molecule has 1 aromatic heterocycles. The molecule has 1 N–H and O–H groups in total. The number of aryl methyl sites for hydroxylation is 1. The predicted molar refractivity (Wildman–Crippen MR) is 78.0 cm³/mol. The Morgan fingerprint density at radius 3 is 3.11 bits per heavy atom. The fourth-order valence-corrected chi connectivity index (χ4v) is 3.50. The first kappa shape index (κ1) is 12.6. The van der Waals surface area contributed by atoms with Gasteiger partial charge in [0, 0.05) is 16.9 Å². The number of para-hydroxylation sites is 1. The van der Waals surface area contributed by atoms with Crippen LogP contribution in [0.4, 0.5) is 0 Å². The predicted octanol–water partition coefficient (Wildman–Crippen LogP) is 3.09. The molecule has 3 nitrogen and oxygen atoms in total. The quantitative estimate of drug-likeness (QED) is 0.930. The lowest BCUT2D eigenvalue weighted by atomic mass is 10.00. The number of fused-ring (bicyclic) bond motifs is 1. The average molecular weight is 274 g/mol. The van der Waals surface area contributed by atoms with Gasteiger partial charge in [-0.05, 0) is 19.0 Å². The van der Waals surface area contributed by atoms with Gasteiger partial charge in [0.1, 0.15) is 5.75 Å². The maximum atomic E-state index is 5.84. The molecule has 0 saturated carbocycles. The Bertz CT molecular complexity index is 579. The number of hydrogen-bond acceptors (Lipinski definition) is 4. The van der Waals surface area contributed by atoms with Crippen LogP contribution in [0, 0.1) is 6.92 Å². The molecule has 1 aliphatic heterocycles. The van der Waals surface area contributed by atoms with Crippen molar-refractivity contribution < 1.29 is 4.74 Å². The van der Waals surface area contributed by atoms with Crippen LogP contribution in [0.3, 0.4) is 0 Å². The van der Waals surface area contributed by atoms with Crippen molar-refractivity contribution in [2.45, 2.75) is 26.3 Å². The van der Waals surface area contributed by atoms with Crippen LogP contribution in [0.15, 0.2) is 23.7 Å². The molecule has 3 rings (SSSR count). The summed E-state index contributed by atoms with van der Waals surface area (Å²) in [5, 5.41) is 3.56. The van der Waals surface area contributed by atoms with Gasteiger partial charge in [-0.1, -0.05) is 25.1 Å². The van der Waals surface area contributed by atoms with Gasteiger partial charge in [0.2, 0.25) is 0 Å². The molecule has 0 aliphatic carbocycles. The molecule has 0 spiro atoms. The van der Waals surface area contributed by atoms with E-state index < -0.39 is 0 Å². The third-order valence-electron chi connectivity index (χ3n) is 3.51. The molecule has 0 amide bonds. The van der Waals surface area contributed by atoms with E-state index in [-0.39, 0.29) is 6.04 Å². The Labute approximate surface area is 117 Å². The molecule has 2 heterocycles. The van der Waals surface area contributed by atoms with Crippen molar-refractivity contribution in [3.05, 3.63) is 45.4 Å². The molecule has 1 aliphatic rings. The van der Waals surface area contributed by atoms with Crippen molar-refractivity contribution >= 4 is 11.3 Å².